The van der Waals surface area contributed by atoms with Crippen LogP contribution in [-0.4, -0.2) is 38.8 Å². The highest BCUT2D eigenvalue weighted by molar-refractivity contribution is 5.92. The molecule has 110 valence electrons. The van der Waals surface area contributed by atoms with Crippen LogP contribution in [0.5, 0.6) is 0 Å². The lowest BCUT2D eigenvalue weighted by Gasteiger charge is -2.28. The van der Waals surface area contributed by atoms with Gasteiger partial charge in [0.25, 0.3) is 0 Å². The van der Waals surface area contributed by atoms with Crippen LogP contribution in [-0.2, 0) is 9.53 Å². The van der Waals surface area contributed by atoms with Gasteiger partial charge in [-0.15, -0.1) is 0 Å². The summed E-state index contributed by atoms with van der Waals surface area (Å²) in [6.45, 7) is 5.80. The second-order valence-electron chi connectivity index (χ2n) is 5.11. The van der Waals surface area contributed by atoms with Crippen molar-refractivity contribution in [2.24, 2.45) is 11.7 Å². The fourth-order valence-electron chi connectivity index (χ4n) is 2.22. The van der Waals surface area contributed by atoms with Gasteiger partial charge >= 0.3 is 0 Å². The Bertz CT molecular complexity index is 427. The number of amides is 1. The van der Waals surface area contributed by atoms with Gasteiger partial charge in [-0.1, -0.05) is 6.92 Å². The molecular weight excluding hydrogens is 254 g/mol. The molecule has 1 aromatic rings. The number of carbonyl (C=O) groups is 1. The van der Waals surface area contributed by atoms with Crippen LogP contribution in [0.15, 0.2) is 24.3 Å². The van der Waals surface area contributed by atoms with Gasteiger partial charge in [-0.25, -0.2) is 0 Å². The maximum atomic E-state index is 11.9. The maximum Gasteiger partial charge on any atom is 0.227 e. The lowest BCUT2D eigenvalue weighted by atomic mass is 10.1. The van der Waals surface area contributed by atoms with Crippen LogP contribution >= 0.6 is 0 Å². The molecule has 1 heterocycles. The summed E-state index contributed by atoms with van der Waals surface area (Å²) in [5.41, 5.74) is 7.46. The van der Waals surface area contributed by atoms with Gasteiger partial charge in [0.1, 0.15) is 0 Å². The van der Waals surface area contributed by atoms with E-state index >= 15 is 0 Å². The Kier molecular flexibility index (Phi) is 5.38. The van der Waals surface area contributed by atoms with Crippen molar-refractivity contribution in [3.63, 3.8) is 0 Å². The molecular formula is C15H23N3O2. The first kappa shape index (κ1) is 14.8. The van der Waals surface area contributed by atoms with Crippen molar-refractivity contribution >= 4 is 17.3 Å². The first-order valence-electron chi connectivity index (χ1n) is 7.14. The number of rotatable bonds is 5. The standard InChI is InChI=1S/C15H23N3O2/c1-12(6-7-16)15(19)17-13-2-4-14(5-3-13)18-8-10-20-11-9-18/h2-5,12H,6-11,16H2,1H3,(H,17,19). The summed E-state index contributed by atoms with van der Waals surface area (Å²) in [5.74, 6) is -0.0338. The van der Waals surface area contributed by atoms with E-state index in [4.69, 9.17) is 10.5 Å². The molecule has 1 amide bonds. The number of benzene rings is 1. The smallest absolute Gasteiger partial charge is 0.227 e. The molecule has 5 nitrogen and oxygen atoms in total. The number of hydrogen-bond donors (Lipinski definition) is 2. The summed E-state index contributed by atoms with van der Waals surface area (Å²) in [5, 5.41) is 2.92. The highest BCUT2D eigenvalue weighted by Gasteiger charge is 2.13. The lowest BCUT2D eigenvalue weighted by Crippen LogP contribution is -2.36. The van der Waals surface area contributed by atoms with E-state index in [-0.39, 0.29) is 11.8 Å². The molecule has 1 unspecified atom stereocenters. The third-order valence-electron chi connectivity index (χ3n) is 3.56. The van der Waals surface area contributed by atoms with Gasteiger partial charge in [-0.05, 0) is 37.2 Å². The van der Waals surface area contributed by atoms with Crippen molar-refractivity contribution < 1.29 is 9.53 Å². The third-order valence-corrected chi connectivity index (χ3v) is 3.56. The minimum Gasteiger partial charge on any atom is -0.378 e. The van der Waals surface area contributed by atoms with E-state index < -0.39 is 0 Å². The van der Waals surface area contributed by atoms with Crippen molar-refractivity contribution in [2.75, 3.05) is 43.1 Å². The van der Waals surface area contributed by atoms with E-state index in [2.05, 4.69) is 10.2 Å². The van der Waals surface area contributed by atoms with Crippen molar-refractivity contribution in [3.8, 4) is 0 Å². The van der Waals surface area contributed by atoms with Crippen LogP contribution in [0.25, 0.3) is 0 Å². The molecule has 0 aliphatic carbocycles. The Morgan fingerprint density at radius 1 is 1.35 bits per heavy atom. The number of ether oxygens (including phenoxy) is 1. The predicted octanol–water partition coefficient (Wildman–Crippen LogP) is 1.45. The normalized spacial score (nSPS) is 16.8. The number of morpholine rings is 1. The lowest BCUT2D eigenvalue weighted by molar-refractivity contribution is -0.119. The van der Waals surface area contributed by atoms with Crippen molar-refractivity contribution in [2.45, 2.75) is 13.3 Å². The van der Waals surface area contributed by atoms with Gasteiger partial charge in [0.05, 0.1) is 13.2 Å². The monoisotopic (exact) mass is 277 g/mol. The SMILES string of the molecule is CC(CCN)C(=O)Nc1ccc(N2CCOCC2)cc1. The molecule has 1 aliphatic rings. The zero-order valence-electron chi connectivity index (χ0n) is 12.0. The van der Waals surface area contributed by atoms with E-state index in [1.807, 2.05) is 31.2 Å². The average molecular weight is 277 g/mol. The van der Waals surface area contributed by atoms with Crippen LogP contribution in [0, 0.1) is 5.92 Å². The molecule has 1 aliphatic heterocycles. The number of hydrogen-bond acceptors (Lipinski definition) is 4. The summed E-state index contributed by atoms with van der Waals surface area (Å²) >= 11 is 0. The predicted molar refractivity (Wildman–Crippen MR) is 80.9 cm³/mol. The Hall–Kier alpha value is -1.59. The summed E-state index contributed by atoms with van der Waals surface area (Å²) in [7, 11) is 0. The molecule has 1 aromatic carbocycles. The van der Waals surface area contributed by atoms with E-state index in [1.54, 1.807) is 0 Å². The van der Waals surface area contributed by atoms with Crippen LogP contribution in [0.1, 0.15) is 13.3 Å². The quantitative estimate of drug-likeness (QED) is 0.855. The first-order chi connectivity index (χ1) is 9.70. The van der Waals surface area contributed by atoms with E-state index in [9.17, 15) is 4.79 Å². The molecule has 1 atom stereocenters. The fourth-order valence-corrected chi connectivity index (χ4v) is 2.22. The number of nitrogens with two attached hydrogens (primary N) is 1. The maximum absolute atomic E-state index is 11.9. The molecule has 3 N–H and O–H groups in total. The zero-order chi connectivity index (χ0) is 14.4. The number of anilines is 2. The van der Waals surface area contributed by atoms with Crippen LogP contribution in [0.3, 0.4) is 0 Å². The fraction of sp³-hybridized carbons (Fsp3) is 0.533. The van der Waals surface area contributed by atoms with Gasteiger partial charge in [0, 0.05) is 30.4 Å². The Morgan fingerprint density at radius 3 is 2.60 bits per heavy atom. The molecule has 5 heteroatoms. The highest BCUT2D eigenvalue weighted by Crippen LogP contribution is 2.19. The van der Waals surface area contributed by atoms with Crippen LogP contribution < -0.4 is 16.0 Å². The molecule has 0 bridgehead atoms. The molecule has 0 saturated carbocycles. The second-order valence-corrected chi connectivity index (χ2v) is 5.11. The Morgan fingerprint density at radius 2 is 2.00 bits per heavy atom. The van der Waals surface area contributed by atoms with Gasteiger partial charge in [0.15, 0.2) is 0 Å². The van der Waals surface area contributed by atoms with Crippen molar-refractivity contribution in [3.05, 3.63) is 24.3 Å². The Balaban J connectivity index is 1.92. The molecule has 2 rings (SSSR count). The van der Waals surface area contributed by atoms with Gasteiger partial charge < -0.3 is 20.7 Å². The summed E-state index contributed by atoms with van der Waals surface area (Å²) in [6, 6.07) is 7.96. The summed E-state index contributed by atoms with van der Waals surface area (Å²) in [4.78, 5) is 14.2. The zero-order valence-corrected chi connectivity index (χ0v) is 12.0. The molecule has 0 radical (unpaired) electrons. The topological polar surface area (TPSA) is 67.6 Å². The largest absolute Gasteiger partial charge is 0.378 e. The molecule has 0 spiro atoms. The molecule has 20 heavy (non-hydrogen) atoms. The number of nitrogens with zero attached hydrogens (tertiary/aromatic N) is 1. The number of carbonyl (C=O) groups excluding carboxylic acids is 1. The van der Waals surface area contributed by atoms with Gasteiger partial charge in [0.2, 0.25) is 5.91 Å². The molecule has 1 saturated heterocycles. The van der Waals surface area contributed by atoms with Crippen LogP contribution in [0.2, 0.25) is 0 Å². The van der Waals surface area contributed by atoms with E-state index in [0.29, 0.717) is 13.0 Å². The molecule has 1 fully saturated rings. The highest BCUT2D eigenvalue weighted by atomic mass is 16.5. The number of nitrogens with one attached hydrogen (secondary N) is 1. The second kappa shape index (κ2) is 7.26. The third kappa shape index (κ3) is 3.95. The van der Waals surface area contributed by atoms with Crippen LogP contribution in [0.4, 0.5) is 11.4 Å². The summed E-state index contributed by atoms with van der Waals surface area (Å²) in [6.07, 6.45) is 0.706. The minimum absolute atomic E-state index is 0.0228. The van der Waals surface area contributed by atoms with Crippen molar-refractivity contribution in [1.82, 2.24) is 0 Å². The minimum atomic E-state index is -0.0566. The van der Waals surface area contributed by atoms with Gasteiger partial charge in [-0.3, -0.25) is 4.79 Å². The van der Waals surface area contributed by atoms with E-state index in [0.717, 1.165) is 32.0 Å². The van der Waals surface area contributed by atoms with Crippen molar-refractivity contribution in [1.29, 1.82) is 0 Å². The van der Waals surface area contributed by atoms with E-state index in [1.165, 1.54) is 5.69 Å². The molecule has 0 aromatic heterocycles. The Labute approximate surface area is 120 Å². The van der Waals surface area contributed by atoms with Gasteiger partial charge in [-0.2, -0.15) is 0 Å². The average Bonchev–Trinajstić information content (AvgIpc) is 2.49. The summed E-state index contributed by atoms with van der Waals surface area (Å²) < 4.78 is 5.34. The first-order valence-corrected chi connectivity index (χ1v) is 7.14.